The van der Waals surface area contributed by atoms with Crippen LogP contribution in [0.3, 0.4) is 0 Å². The molecule has 18 heavy (non-hydrogen) atoms. The van der Waals surface area contributed by atoms with Crippen molar-refractivity contribution in [2.24, 2.45) is 16.8 Å². The van der Waals surface area contributed by atoms with Gasteiger partial charge < -0.3 is 10.1 Å². The Morgan fingerprint density at radius 3 is 3.00 bits per heavy atom. The molecule has 4 heteroatoms. The Bertz CT molecular complexity index is 391. The van der Waals surface area contributed by atoms with Crippen LogP contribution in [0.2, 0.25) is 0 Å². The van der Waals surface area contributed by atoms with E-state index in [4.69, 9.17) is 9.73 Å². The molecule has 2 heterocycles. The Kier molecular flexibility index (Phi) is 3.25. The third-order valence-corrected chi connectivity index (χ3v) is 4.75. The third kappa shape index (κ3) is 1.84. The van der Waals surface area contributed by atoms with E-state index >= 15 is 0 Å². The smallest absolute Gasteiger partial charge is 0.152 e. The van der Waals surface area contributed by atoms with E-state index in [0.29, 0.717) is 11.8 Å². The first-order valence-electron chi connectivity index (χ1n) is 7.02. The van der Waals surface area contributed by atoms with Gasteiger partial charge in [-0.3, -0.25) is 4.99 Å². The number of nitrogens with one attached hydrogen (secondary N) is 1. The highest BCUT2D eigenvalue weighted by molar-refractivity contribution is 6.04. The first-order chi connectivity index (χ1) is 8.38. The van der Waals surface area contributed by atoms with Crippen molar-refractivity contribution in [3.63, 3.8) is 0 Å². The van der Waals surface area contributed by atoms with Gasteiger partial charge in [-0.25, -0.2) is 0 Å². The Morgan fingerprint density at radius 1 is 1.28 bits per heavy atom. The molecule has 3 atom stereocenters. The average molecular weight is 269 g/mol. The summed E-state index contributed by atoms with van der Waals surface area (Å²) in [5.41, 5.74) is 1.21. The first kappa shape index (κ1) is 12.6. The molecule has 2 fully saturated rings. The largest absolute Gasteiger partial charge is 0.343 e. The summed E-state index contributed by atoms with van der Waals surface area (Å²) in [5, 5.41) is 3.51. The van der Waals surface area contributed by atoms with Crippen molar-refractivity contribution in [1.82, 2.24) is 5.32 Å². The molecule has 2 aliphatic carbocycles. The molecule has 1 saturated heterocycles. The summed E-state index contributed by atoms with van der Waals surface area (Å²) in [6, 6.07) is 0. The lowest BCUT2D eigenvalue weighted by Crippen LogP contribution is -2.47. The fraction of sp³-hybridized carbons (Fsp3) is 0.786. The standard InChI is InChI=1S/C14H20N2O.ClH/c1-2-11-6-8-15-9-7-14(11)12(3-1)16-13(17-14)10-4-5-10;/h1,3,10-11,13,15H,2,4-9H2;1H. The van der Waals surface area contributed by atoms with Crippen LogP contribution in [-0.4, -0.2) is 30.6 Å². The van der Waals surface area contributed by atoms with E-state index < -0.39 is 0 Å². The molecule has 2 aliphatic heterocycles. The van der Waals surface area contributed by atoms with Crippen LogP contribution in [-0.2, 0) is 4.74 Å². The van der Waals surface area contributed by atoms with Gasteiger partial charge in [0.1, 0.15) is 5.60 Å². The molecule has 3 unspecified atom stereocenters. The minimum atomic E-state index is -0.0362. The van der Waals surface area contributed by atoms with Gasteiger partial charge in [-0.1, -0.05) is 6.08 Å². The third-order valence-electron chi connectivity index (χ3n) is 4.75. The highest BCUT2D eigenvalue weighted by atomic mass is 35.5. The van der Waals surface area contributed by atoms with E-state index in [-0.39, 0.29) is 24.2 Å². The van der Waals surface area contributed by atoms with E-state index in [2.05, 4.69) is 17.5 Å². The number of nitrogens with zero attached hydrogens (tertiary/aromatic N) is 1. The van der Waals surface area contributed by atoms with Gasteiger partial charge >= 0.3 is 0 Å². The maximum Gasteiger partial charge on any atom is 0.152 e. The maximum atomic E-state index is 6.47. The predicted octanol–water partition coefficient (Wildman–Crippen LogP) is 2.31. The average Bonchev–Trinajstić information content (AvgIpc) is 3.12. The molecule has 1 N–H and O–H groups in total. The van der Waals surface area contributed by atoms with Gasteiger partial charge in [0.25, 0.3) is 0 Å². The van der Waals surface area contributed by atoms with Crippen LogP contribution < -0.4 is 5.32 Å². The molecule has 0 aromatic carbocycles. The van der Waals surface area contributed by atoms with Gasteiger partial charge in [0.2, 0.25) is 0 Å². The van der Waals surface area contributed by atoms with Gasteiger partial charge in [-0.05, 0) is 57.2 Å². The second-order valence-corrected chi connectivity index (χ2v) is 5.87. The molecule has 3 nitrogen and oxygen atoms in total. The van der Waals surface area contributed by atoms with Gasteiger partial charge in [0, 0.05) is 5.92 Å². The number of allylic oxidation sites excluding steroid dienone is 1. The van der Waals surface area contributed by atoms with Gasteiger partial charge in [0.15, 0.2) is 6.23 Å². The minimum Gasteiger partial charge on any atom is -0.343 e. The van der Waals surface area contributed by atoms with Crippen LogP contribution in [0.4, 0.5) is 0 Å². The molecule has 4 rings (SSSR count). The van der Waals surface area contributed by atoms with Crippen LogP contribution in [0.15, 0.2) is 17.1 Å². The Hall–Kier alpha value is -0.380. The molecule has 0 radical (unpaired) electrons. The first-order valence-corrected chi connectivity index (χ1v) is 7.02. The van der Waals surface area contributed by atoms with Crippen LogP contribution in [0.1, 0.15) is 32.1 Å². The van der Waals surface area contributed by atoms with E-state index in [0.717, 1.165) is 25.9 Å². The fourth-order valence-corrected chi connectivity index (χ4v) is 3.57. The summed E-state index contributed by atoms with van der Waals surface area (Å²) in [4.78, 5) is 4.87. The van der Waals surface area contributed by atoms with Crippen molar-refractivity contribution in [2.45, 2.75) is 43.9 Å². The van der Waals surface area contributed by atoms with Crippen molar-refractivity contribution in [3.8, 4) is 0 Å². The fourth-order valence-electron chi connectivity index (χ4n) is 3.57. The highest BCUT2D eigenvalue weighted by Gasteiger charge is 2.52. The van der Waals surface area contributed by atoms with Crippen LogP contribution in [0.5, 0.6) is 0 Å². The van der Waals surface area contributed by atoms with Crippen molar-refractivity contribution < 1.29 is 4.74 Å². The van der Waals surface area contributed by atoms with E-state index in [1.807, 2.05) is 0 Å². The SMILES string of the molecule is C1=CC2=NC(C3CC3)OC23CCNCCC3C1.Cl. The van der Waals surface area contributed by atoms with Crippen LogP contribution >= 0.6 is 12.4 Å². The highest BCUT2D eigenvalue weighted by Crippen LogP contribution is 2.47. The molecule has 1 saturated carbocycles. The lowest BCUT2D eigenvalue weighted by atomic mass is 9.74. The lowest BCUT2D eigenvalue weighted by Gasteiger charge is -2.38. The molecule has 0 amide bonds. The molecular formula is C14H21ClN2O. The summed E-state index contributed by atoms with van der Waals surface area (Å²) >= 11 is 0. The second kappa shape index (κ2) is 4.62. The van der Waals surface area contributed by atoms with Crippen molar-refractivity contribution in [2.75, 3.05) is 13.1 Å². The summed E-state index contributed by atoms with van der Waals surface area (Å²) in [7, 11) is 0. The molecule has 1 spiro atoms. The Balaban J connectivity index is 0.000001000. The summed E-state index contributed by atoms with van der Waals surface area (Å²) < 4.78 is 6.47. The quantitative estimate of drug-likeness (QED) is 0.792. The predicted molar refractivity (Wildman–Crippen MR) is 74.4 cm³/mol. The molecule has 0 aromatic heterocycles. The van der Waals surface area contributed by atoms with E-state index in [1.165, 1.54) is 25.0 Å². The second-order valence-electron chi connectivity index (χ2n) is 5.87. The number of ether oxygens (including phenoxy) is 1. The summed E-state index contributed by atoms with van der Waals surface area (Å²) in [5.74, 6) is 1.36. The van der Waals surface area contributed by atoms with Crippen LogP contribution in [0.25, 0.3) is 0 Å². The monoisotopic (exact) mass is 268 g/mol. The maximum absolute atomic E-state index is 6.47. The summed E-state index contributed by atoms with van der Waals surface area (Å²) in [6.07, 6.45) is 10.8. The normalized spacial score (nSPS) is 42.3. The number of aliphatic imine (C=N–C) groups is 1. The molecule has 0 bridgehead atoms. The zero-order valence-corrected chi connectivity index (χ0v) is 11.4. The number of hydrogen-bond donors (Lipinski definition) is 1. The molecule has 0 aromatic rings. The van der Waals surface area contributed by atoms with E-state index in [9.17, 15) is 0 Å². The van der Waals surface area contributed by atoms with Crippen molar-refractivity contribution in [3.05, 3.63) is 12.2 Å². The van der Waals surface area contributed by atoms with Gasteiger partial charge in [-0.15, -0.1) is 12.4 Å². The zero-order chi connectivity index (χ0) is 11.3. The molecule has 100 valence electrons. The molecular weight excluding hydrogens is 248 g/mol. The number of halogens is 1. The van der Waals surface area contributed by atoms with Crippen LogP contribution in [0, 0.1) is 11.8 Å². The topological polar surface area (TPSA) is 33.6 Å². The van der Waals surface area contributed by atoms with Gasteiger partial charge in [-0.2, -0.15) is 0 Å². The van der Waals surface area contributed by atoms with Gasteiger partial charge in [0.05, 0.1) is 5.71 Å². The number of rotatable bonds is 1. The minimum absolute atomic E-state index is 0. The van der Waals surface area contributed by atoms with Crippen molar-refractivity contribution in [1.29, 1.82) is 0 Å². The summed E-state index contributed by atoms with van der Waals surface area (Å²) in [6.45, 7) is 2.20. The molecule has 4 aliphatic rings. The Morgan fingerprint density at radius 2 is 2.17 bits per heavy atom. The zero-order valence-electron chi connectivity index (χ0n) is 10.6. The lowest BCUT2D eigenvalue weighted by molar-refractivity contribution is -0.0700. The van der Waals surface area contributed by atoms with E-state index in [1.54, 1.807) is 0 Å². The number of hydrogen-bond acceptors (Lipinski definition) is 3. The van der Waals surface area contributed by atoms with Crippen molar-refractivity contribution >= 4 is 18.1 Å². The Labute approximate surface area is 114 Å².